The molecule has 6 nitrogen and oxygen atoms in total. The Morgan fingerprint density at radius 1 is 1.09 bits per heavy atom. The summed E-state index contributed by atoms with van der Waals surface area (Å²) in [6.45, 7) is 7.14. The number of aryl methyl sites for hydroxylation is 2. The molecule has 1 aliphatic rings. The number of nitrogens with zero attached hydrogens (tertiary/aromatic N) is 5. The highest BCUT2D eigenvalue weighted by Gasteiger charge is 2.25. The van der Waals surface area contributed by atoms with Crippen molar-refractivity contribution in [2.24, 2.45) is 0 Å². The fourth-order valence-corrected chi connectivity index (χ4v) is 2.60. The van der Waals surface area contributed by atoms with E-state index in [0.717, 1.165) is 37.4 Å². The normalized spacial score (nSPS) is 16.0. The number of rotatable bonds is 2. The molecule has 1 fully saturated rings. The van der Waals surface area contributed by atoms with E-state index in [-0.39, 0.29) is 5.91 Å². The molecule has 116 valence electrons. The predicted octanol–water partition coefficient (Wildman–Crippen LogP) is 1.27. The van der Waals surface area contributed by atoms with Crippen LogP contribution in [0.25, 0.3) is 5.69 Å². The predicted molar refractivity (Wildman–Crippen MR) is 84.2 cm³/mol. The Bertz CT molecular complexity index is 686. The first-order valence-corrected chi connectivity index (χ1v) is 7.53. The van der Waals surface area contributed by atoms with Crippen molar-refractivity contribution < 1.29 is 4.79 Å². The van der Waals surface area contributed by atoms with Gasteiger partial charge in [-0.25, -0.2) is 0 Å². The highest BCUT2D eigenvalue weighted by atomic mass is 16.2. The Morgan fingerprint density at radius 3 is 2.50 bits per heavy atom. The van der Waals surface area contributed by atoms with Gasteiger partial charge in [0.15, 0.2) is 5.69 Å². The molecule has 0 bridgehead atoms. The zero-order chi connectivity index (χ0) is 15.7. The van der Waals surface area contributed by atoms with E-state index in [1.165, 1.54) is 0 Å². The Morgan fingerprint density at radius 2 is 1.82 bits per heavy atom. The minimum Gasteiger partial charge on any atom is -0.335 e. The Labute approximate surface area is 130 Å². The van der Waals surface area contributed by atoms with Crippen molar-refractivity contribution in [2.75, 3.05) is 33.2 Å². The summed E-state index contributed by atoms with van der Waals surface area (Å²) in [4.78, 5) is 18.3. The van der Waals surface area contributed by atoms with Gasteiger partial charge >= 0.3 is 0 Å². The fraction of sp³-hybridized carbons (Fsp3) is 0.438. The van der Waals surface area contributed by atoms with E-state index in [1.54, 1.807) is 4.80 Å². The molecular formula is C16H21N5O. The van der Waals surface area contributed by atoms with Crippen molar-refractivity contribution in [2.45, 2.75) is 13.8 Å². The third-order valence-electron chi connectivity index (χ3n) is 4.01. The minimum atomic E-state index is -0.0236. The van der Waals surface area contributed by atoms with Crippen molar-refractivity contribution in [1.82, 2.24) is 24.8 Å². The fourth-order valence-electron chi connectivity index (χ4n) is 2.60. The van der Waals surface area contributed by atoms with E-state index in [0.29, 0.717) is 11.4 Å². The van der Waals surface area contributed by atoms with Crippen LogP contribution in [-0.4, -0.2) is 63.9 Å². The quantitative estimate of drug-likeness (QED) is 0.838. The largest absolute Gasteiger partial charge is 0.335 e. The lowest BCUT2D eigenvalue weighted by atomic mass is 10.2. The maximum atomic E-state index is 12.6. The number of carbonyl (C=O) groups is 1. The summed E-state index contributed by atoms with van der Waals surface area (Å²) in [7, 11) is 2.07. The molecule has 0 N–H and O–H groups in total. The molecule has 1 saturated heterocycles. The highest BCUT2D eigenvalue weighted by molar-refractivity contribution is 5.93. The molecule has 2 aromatic rings. The standard InChI is InChI=1S/C16H21N5O/c1-12-5-4-6-14(11-12)21-17-13(2)15(18-21)16(22)20-9-7-19(3)8-10-20/h4-6,11H,7-10H2,1-3H3. The van der Waals surface area contributed by atoms with E-state index in [4.69, 9.17) is 0 Å². The van der Waals surface area contributed by atoms with Gasteiger partial charge in [-0.1, -0.05) is 12.1 Å². The number of amides is 1. The zero-order valence-corrected chi connectivity index (χ0v) is 13.3. The Hall–Kier alpha value is -2.21. The van der Waals surface area contributed by atoms with E-state index >= 15 is 0 Å². The van der Waals surface area contributed by atoms with Gasteiger partial charge in [0.05, 0.1) is 11.4 Å². The van der Waals surface area contributed by atoms with E-state index in [2.05, 4.69) is 22.1 Å². The van der Waals surface area contributed by atoms with Crippen LogP contribution >= 0.6 is 0 Å². The molecule has 3 rings (SSSR count). The third kappa shape index (κ3) is 2.87. The summed E-state index contributed by atoms with van der Waals surface area (Å²) < 4.78 is 0. The highest BCUT2D eigenvalue weighted by Crippen LogP contribution is 2.13. The van der Waals surface area contributed by atoms with Crippen molar-refractivity contribution in [1.29, 1.82) is 0 Å². The van der Waals surface area contributed by atoms with Gasteiger partial charge in [0.25, 0.3) is 5.91 Å². The number of hydrogen-bond acceptors (Lipinski definition) is 4. The molecule has 0 saturated carbocycles. The number of likely N-dealkylation sites (N-methyl/N-ethyl adjacent to an activating group) is 1. The summed E-state index contributed by atoms with van der Waals surface area (Å²) >= 11 is 0. The molecule has 0 spiro atoms. The van der Waals surface area contributed by atoms with Crippen LogP contribution in [0.4, 0.5) is 0 Å². The molecule has 0 aliphatic carbocycles. The molecule has 1 aliphatic heterocycles. The average molecular weight is 299 g/mol. The van der Waals surface area contributed by atoms with Crippen molar-refractivity contribution >= 4 is 5.91 Å². The second-order valence-electron chi connectivity index (χ2n) is 5.86. The number of benzene rings is 1. The Balaban J connectivity index is 1.84. The van der Waals surface area contributed by atoms with Gasteiger partial charge in [-0.05, 0) is 38.6 Å². The summed E-state index contributed by atoms with van der Waals surface area (Å²) in [5.74, 6) is -0.0236. The smallest absolute Gasteiger partial charge is 0.276 e. The number of aromatic nitrogens is 3. The molecule has 1 aromatic heterocycles. The van der Waals surface area contributed by atoms with E-state index in [1.807, 2.05) is 43.0 Å². The molecule has 0 unspecified atom stereocenters. The van der Waals surface area contributed by atoms with E-state index < -0.39 is 0 Å². The maximum absolute atomic E-state index is 12.6. The van der Waals surface area contributed by atoms with Gasteiger partial charge in [-0.2, -0.15) is 9.90 Å². The van der Waals surface area contributed by atoms with Gasteiger partial charge in [-0.3, -0.25) is 4.79 Å². The maximum Gasteiger partial charge on any atom is 0.276 e. The van der Waals surface area contributed by atoms with Gasteiger partial charge < -0.3 is 9.80 Å². The van der Waals surface area contributed by atoms with Crippen LogP contribution in [0.15, 0.2) is 24.3 Å². The topological polar surface area (TPSA) is 54.3 Å². The molecule has 1 aromatic carbocycles. The molecule has 0 atom stereocenters. The SMILES string of the molecule is Cc1cccc(-n2nc(C)c(C(=O)N3CCN(C)CC3)n2)c1. The second kappa shape index (κ2) is 5.88. The van der Waals surface area contributed by atoms with Gasteiger partial charge in [-0.15, -0.1) is 5.10 Å². The van der Waals surface area contributed by atoms with Crippen LogP contribution < -0.4 is 0 Å². The van der Waals surface area contributed by atoms with Crippen LogP contribution in [0.1, 0.15) is 21.7 Å². The molecular weight excluding hydrogens is 278 g/mol. The minimum absolute atomic E-state index is 0.0236. The van der Waals surface area contributed by atoms with Gasteiger partial charge in [0.1, 0.15) is 0 Å². The summed E-state index contributed by atoms with van der Waals surface area (Å²) in [5, 5.41) is 8.82. The molecule has 2 heterocycles. The molecule has 0 radical (unpaired) electrons. The lowest BCUT2D eigenvalue weighted by Crippen LogP contribution is -2.47. The summed E-state index contributed by atoms with van der Waals surface area (Å²) in [6, 6.07) is 7.93. The Kier molecular flexibility index (Phi) is 3.94. The number of carbonyl (C=O) groups excluding carboxylic acids is 1. The lowest BCUT2D eigenvalue weighted by molar-refractivity contribution is 0.0657. The van der Waals surface area contributed by atoms with E-state index in [9.17, 15) is 4.79 Å². The summed E-state index contributed by atoms with van der Waals surface area (Å²) in [6.07, 6.45) is 0. The first kappa shape index (κ1) is 14.7. The lowest BCUT2D eigenvalue weighted by Gasteiger charge is -2.31. The van der Waals surface area contributed by atoms with Crippen LogP contribution in [0.2, 0.25) is 0 Å². The van der Waals surface area contributed by atoms with Crippen LogP contribution in [0.3, 0.4) is 0 Å². The monoisotopic (exact) mass is 299 g/mol. The number of piperazine rings is 1. The average Bonchev–Trinajstić information content (AvgIpc) is 2.89. The van der Waals surface area contributed by atoms with Crippen LogP contribution in [-0.2, 0) is 0 Å². The van der Waals surface area contributed by atoms with Gasteiger partial charge in [0, 0.05) is 26.2 Å². The van der Waals surface area contributed by atoms with Gasteiger partial charge in [0.2, 0.25) is 0 Å². The van der Waals surface area contributed by atoms with Crippen LogP contribution in [0, 0.1) is 13.8 Å². The van der Waals surface area contributed by atoms with Crippen molar-refractivity contribution in [3.8, 4) is 5.69 Å². The molecule has 6 heteroatoms. The molecule has 22 heavy (non-hydrogen) atoms. The van der Waals surface area contributed by atoms with Crippen LogP contribution in [0.5, 0.6) is 0 Å². The summed E-state index contributed by atoms with van der Waals surface area (Å²) in [5.41, 5.74) is 3.14. The first-order chi connectivity index (χ1) is 10.5. The van der Waals surface area contributed by atoms with Crippen molar-refractivity contribution in [3.05, 3.63) is 41.2 Å². The first-order valence-electron chi connectivity index (χ1n) is 7.53. The zero-order valence-electron chi connectivity index (χ0n) is 13.3. The molecule has 1 amide bonds. The third-order valence-corrected chi connectivity index (χ3v) is 4.01. The van der Waals surface area contributed by atoms with Crippen molar-refractivity contribution in [3.63, 3.8) is 0 Å². The number of hydrogen-bond donors (Lipinski definition) is 0. The second-order valence-corrected chi connectivity index (χ2v) is 5.86.